The Labute approximate surface area is 125 Å². The molecule has 0 saturated heterocycles. The molecule has 3 rings (SSSR count). The summed E-state index contributed by atoms with van der Waals surface area (Å²) in [6, 6.07) is 0. The maximum atomic E-state index is 5.92. The van der Waals surface area contributed by atoms with Crippen LogP contribution in [0.15, 0.2) is 23.2 Å². The molecule has 0 unspecified atom stereocenters. The van der Waals surface area contributed by atoms with Gasteiger partial charge in [-0.2, -0.15) is 15.0 Å². The normalized spacial score (nSPS) is 10.8. The average Bonchev–Trinajstić information content (AvgIpc) is 3.08. The van der Waals surface area contributed by atoms with Gasteiger partial charge in [0, 0.05) is 24.5 Å². The van der Waals surface area contributed by atoms with E-state index in [-0.39, 0.29) is 5.28 Å². The van der Waals surface area contributed by atoms with Gasteiger partial charge in [0.25, 0.3) is 0 Å². The lowest BCUT2D eigenvalue weighted by atomic mass is 10.2. The van der Waals surface area contributed by atoms with Crippen molar-refractivity contribution in [1.29, 1.82) is 0 Å². The number of nitrogens with one attached hydrogen (secondary N) is 1. The van der Waals surface area contributed by atoms with Gasteiger partial charge in [0.05, 0.1) is 5.69 Å². The van der Waals surface area contributed by atoms with Crippen LogP contribution >= 0.6 is 11.6 Å². The topological polar surface area (TPSA) is 94.6 Å². The van der Waals surface area contributed by atoms with E-state index in [4.69, 9.17) is 16.1 Å². The Hall–Kier alpha value is -2.48. The molecule has 0 aliphatic heterocycles. The molecule has 1 N–H and O–H groups in total. The number of imidazole rings is 1. The summed E-state index contributed by atoms with van der Waals surface area (Å²) in [6.45, 7) is 4.23. The molecule has 3 aromatic heterocycles. The molecule has 0 aliphatic rings. The Morgan fingerprint density at radius 1 is 1.29 bits per heavy atom. The van der Waals surface area contributed by atoms with Gasteiger partial charge in [-0.25, -0.2) is 4.98 Å². The quantitative estimate of drug-likeness (QED) is 0.787. The van der Waals surface area contributed by atoms with Crippen LogP contribution in [0.4, 0.5) is 5.95 Å². The summed E-state index contributed by atoms with van der Waals surface area (Å²) in [5.74, 6) is 1.53. The Morgan fingerprint density at radius 2 is 2.14 bits per heavy atom. The number of hydrogen-bond acceptors (Lipinski definition) is 7. The summed E-state index contributed by atoms with van der Waals surface area (Å²) in [4.78, 5) is 16.3. The third-order valence-corrected chi connectivity index (χ3v) is 3.11. The monoisotopic (exact) mass is 305 g/mol. The fourth-order valence-electron chi connectivity index (χ4n) is 1.83. The van der Waals surface area contributed by atoms with E-state index in [1.807, 2.05) is 13.8 Å². The first kappa shape index (κ1) is 13.5. The third-order valence-electron chi connectivity index (χ3n) is 2.94. The molecular weight excluding hydrogens is 294 g/mol. The van der Waals surface area contributed by atoms with E-state index >= 15 is 0 Å². The maximum Gasteiger partial charge on any atom is 0.241 e. The lowest BCUT2D eigenvalue weighted by molar-refractivity contribution is 0.392. The van der Waals surface area contributed by atoms with Crippen LogP contribution in [0.1, 0.15) is 17.0 Å². The van der Waals surface area contributed by atoms with Gasteiger partial charge in [-0.1, -0.05) is 5.16 Å². The SMILES string of the molecule is Cc1noc(C)c1CNc1nc(Cl)nc(-n2ccnc2)n1. The highest BCUT2D eigenvalue weighted by molar-refractivity contribution is 6.28. The van der Waals surface area contributed by atoms with Crippen molar-refractivity contribution >= 4 is 17.5 Å². The van der Waals surface area contributed by atoms with Crippen molar-refractivity contribution in [3.63, 3.8) is 0 Å². The van der Waals surface area contributed by atoms with Gasteiger partial charge in [-0.15, -0.1) is 0 Å². The fourth-order valence-corrected chi connectivity index (χ4v) is 1.99. The molecule has 0 bridgehead atoms. The zero-order valence-electron chi connectivity index (χ0n) is 11.4. The van der Waals surface area contributed by atoms with Gasteiger partial charge in [-0.05, 0) is 25.4 Å². The number of halogens is 1. The van der Waals surface area contributed by atoms with Crippen molar-refractivity contribution in [1.82, 2.24) is 29.7 Å². The Morgan fingerprint density at radius 3 is 2.81 bits per heavy atom. The minimum atomic E-state index is 0.106. The van der Waals surface area contributed by atoms with Crippen LogP contribution in [-0.4, -0.2) is 29.7 Å². The smallest absolute Gasteiger partial charge is 0.241 e. The van der Waals surface area contributed by atoms with E-state index < -0.39 is 0 Å². The standard InChI is InChI=1S/C12H12ClN7O/c1-7-9(8(2)21-19-7)5-15-11-16-10(13)17-12(18-11)20-4-3-14-6-20/h3-4,6H,5H2,1-2H3,(H,15,16,17,18). The first-order valence-electron chi connectivity index (χ1n) is 6.19. The van der Waals surface area contributed by atoms with E-state index in [0.29, 0.717) is 18.4 Å². The van der Waals surface area contributed by atoms with Crippen molar-refractivity contribution in [3.8, 4) is 5.95 Å². The highest BCUT2D eigenvalue weighted by Gasteiger charge is 2.11. The minimum Gasteiger partial charge on any atom is -0.361 e. The molecule has 108 valence electrons. The van der Waals surface area contributed by atoms with E-state index in [1.54, 1.807) is 23.3 Å². The number of nitrogens with zero attached hydrogens (tertiary/aromatic N) is 6. The summed E-state index contributed by atoms with van der Waals surface area (Å²) in [5.41, 5.74) is 1.80. The minimum absolute atomic E-state index is 0.106. The van der Waals surface area contributed by atoms with Gasteiger partial charge < -0.3 is 9.84 Å². The molecular formula is C12H12ClN7O. The van der Waals surface area contributed by atoms with E-state index in [9.17, 15) is 0 Å². The molecule has 8 nitrogen and oxygen atoms in total. The number of aromatic nitrogens is 6. The molecule has 0 saturated carbocycles. The Kier molecular flexibility index (Phi) is 3.53. The first-order valence-corrected chi connectivity index (χ1v) is 6.57. The Bertz CT molecular complexity index is 734. The molecule has 3 aromatic rings. The summed E-state index contributed by atoms with van der Waals surface area (Å²) in [5, 5.41) is 7.10. The number of rotatable bonds is 4. The average molecular weight is 306 g/mol. The molecule has 0 aromatic carbocycles. The molecule has 21 heavy (non-hydrogen) atoms. The van der Waals surface area contributed by atoms with Gasteiger partial charge in [0.1, 0.15) is 12.1 Å². The molecule has 0 fully saturated rings. The second-order valence-electron chi connectivity index (χ2n) is 4.35. The van der Waals surface area contributed by atoms with E-state index in [2.05, 4.69) is 30.4 Å². The zero-order chi connectivity index (χ0) is 14.8. The Balaban J connectivity index is 1.83. The van der Waals surface area contributed by atoms with Gasteiger partial charge >= 0.3 is 0 Å². The summed E-state index contributed by atoms with van der Waals surface area (Å²) in [7, 11) is 0. The molecule has 0 amide bonds. The number of aryl methyl sites for hydroxylation is 2. The van der Waals surface area contributed by atoms with E-state index in [1.165, 1.54) is 0 Å². The maximum absolute atomic E-state index is 5.92. The zero-order valence-corrected chi connectivity index (χ0v) is 12.2. The van der Waals surface area contributed by atoms with Crippen molar-refractivity contribution in [3.05, 3.63) is 41.0 Å². The molecule has 0 aliphatic carbocycles. The molecule has 9 heteroatoms. The van der Waals surface area contributed by atoms with Crippen LogP contribution < -0.4 is 5.32 Å². The molecule has 0 radical (unpaired) electrons. The summed E-state index contributed by atoms with van der Waals surface area (Å²) >= 11 is 5.92. The second kappa shape index (κ2) is 5.49. The largest absolute Gasteiger partial charge is 0.361 e. The van der Waals surface area contributed by atoms with Crippen molar-refractivity contribution in [2.75, 3.05) is 5.32 Å². The lowest BCUT2D eigenvalue weighted by Crippen LogP contribution is -2.09. The number of hydrogen-bond donors (Lipinski definition) is 1. The van der Waals surface area contributed by atoms with Crippen molar-refractivity contribution in [2.24, 2.45) is 0 Å². The summed E-state index contributed by atoms with van der Waals surface area (Å²) in [6.07, 6.45) is 4.95. The van der Waals surface area contributed by atoms with Gasteiger partial charge in [0.15, 0.2) is 0 Å². The van der Waals surface area contributed by atoms with Gasteiger partial charge in [0.2, 0.25) is 17.2 Å². The number of anilines is 1. The fraction of sp³-hybridized carbons (Fsp3) is 0.250. The predicted octanol–water partition coefficient (Wildman–Crippen LogP) is 1.93. The van der Waals surface area contributed by atoms with Crippen molar-refractivity contribution < 1.29 is 4.52 Å². The van der Waals surface area contributed by atoms with Gasteiger partial charge in [-0.3, -0.25) is 4.57 Å². The second-order valence-corrected chi connectivity index (χ2v) is 4.69. The lowest BCUT2D eigenvalue weighted by Gasteiger charge is -2.06. The van der Waals surface area contributed by atoms with Crippen molar-refractivity contribution in [2.45, 2.75) is 20.4 Å². The van der Waals surface area contributed by atoms with Crippen LogP contribution in [0.5, 0.6) is 0 Å². The van der Waals surface area contributed by atoms with Crippen LogP contribution in [0.25, 0.3) is 5.95 Å². The highest BCUT2D eigenvalue weighted by atomic mass is 35.5. The van der Waals surface area contributed by atoms with E-state index in [0.717, 1.165) is 17.0 Å². The third kappa shape index (κ3) is 2.84. The molecule has 3 heterocycles. The molecule has 0 spiro atoms. The molecule has 0 atom stereocenters. The van der Waals surface area contributed by atoms with Crippen LogP contribution in [0.2, 0.25) is 5.28 Å². The first-order chi connectivity index (χ1) is 10.1. The van der Waals surface area contributed by atoms with Crippen LogP contribution in [0.3, 0.4) is 0 Å². The van der Waals surface area contributed by atoms with Crippen LogP contribution in [-0.2, 0) is 6.54 Å². The predicted molar refractivity (Wildman–Crippen MR) is 75.3 cm³/mol. The van der Waals surface area contributed by atoms with Crippen LogP contribution in [0, 0.1) is 13.8 Å². The highest BCUT2D eigenvalue weighted by Crippen LogP contribution is 2.15. The summed E-state index contributed by atoms with van der Waals surface area (Å²) < 4.78 is 6.76.